The first-order chi connectivity index (χ1) is 9.94. The van der Waals surface area contributed by atoms with E-state index in [1.165, 1.54) is 12.1 Å². The molecule has 0 aromatic heterocycles. The second kappa shape index (κ2) is 6.55. The minimum absolute atomic E-state index is 0.0763. The molecule has 0 bridgehead atoms. The van der Waals surface area contributed by atoms with Gasteiger partial charge >= 0.3 is 0 Å². The first-order valence-corrected chi connectivity index (χ1v) is 8.42. The molecule has 0 spiro atoms. The molecule has 2 N–H and O–H groups in total. The lowest BCUT2D eigenvalue weighted by atomic mass is 10.2. The van der Waals surface area contributed by atoms with Crippen LogP contribution in [0, 0.1) is 5.82 Å². The van der Waals surface area contributed by atoms with Crippen molar-refractivity contribution in [2.24, 2.45) is 0 Å². The molecule has 2 aromatic rings. The van der Waals surface area contributed by atoms with E-state index in [-0.39, 0.29) is 4.90 Å². The first-order valence-electron chi connectivity index (χ1n) is 6.14. The minimum atomic E-state index is -3.87. The van der Waals surface area contributed by atoms with Crippen LogP contribution in [0.3, 0.4) is 0 Å². The van der Waals surface area contributed by atoms with Crippen LogP contribution < -0.4 is 10.0 Å². The highest BCUT2D eigenvalue weighted by Gasteiger charge is 2.20. The fourth-order valence-corrected chi connectivity index (χ4v) is 3.70. The average Bonchev–Trinajstić information content (AvgIpc) is 2.43. The Kier molecular flexibility index (Phi) is 4.97. The largest absolute Gasteiger partial charge is 0.316 e. The van der Waals surface area contributed by atoms with Crippen molar-refractivity contribution in [1.29, 1.82) is 0 Å². The first kappa shape index (κ1) is 15.9. The normalized spacial score (nSPS) is 11.4. The minimum Gasteiger partial charge on any atom is -0.316 e. The maximum absolute atomic E-state index is 13.4. The standard InChI is InChI=1S/C14H14BrFN2O2S/c1-17-9-10-6-7-11(16)8-14(10)21(19,20)18-13-5-3-2-4-12(13)15/h2-8,17-18H,9H2,1H3. The molecule has 0 saturated carbocycles. The third kappa shape index (κ3) is 3.81. The Hall–Kier alpha value is -1.44. The molecule has 7 heteroatoms. The Morgan fingerprint density at radius 2 is 1.90 bits per heavy atom. The number of sulfonamides is 1. The van der Waals surface area contributed by atoms with Gasteiger partial charge in [-0.15, -0.1) is 0 Å². The summed E-state index contributed by atoms with van der Waals surface area (Å²) in [4.78, 5) is -0.0763. The van der Waals surface area contributed by atoms with E-state index >= 15 is 0 Å². The zero-order valence-electron chi connectivity index (χ0n) is 11.2. The monoisotopic (exact) mass is 372 g/mol. The molecule has 0 saturated heterocycles. The third-order valence-corrected chi connectivity index (χ3v) is 4.94. The Morgan fingerprint density at radius 3 is 2.57 bits per heavy atom. The summed E-state index contributed by atoms with van der Waals surface area (Å²) >= 11 is 3.27. The van der Waals surface area contributed by atoms with E-state index in [1.807, 2.05) is 0 Å². The Morgan fingerprint density at radius 1 is 1.19 bits per heavy atom. The topological polar surface area (TPSA) is 58.2 Å². The van der Waals surface area contributed by atoms with Crippen molar-refractivity contribution < 1.29 is 12.8 Å². The molecule has 0 fully saturated rings. The summed E-state index contributed by atoms with van der Waals surface area (Å²) in [6.45, 7) is 0.326. The molecule has 0 amide bonds. The van der Waals surface area contributed by atoms with E-state index < -0.39 is 15.8 Å². The molecule has 0 aliphatic heterocycles. The highest BCUT2D eigenvalue weighted by atomic mass is 79.9. The van der Waals surface area contributed by atoms with Gasteiger partial charge in [0.05, 0.1) is 10.6 Å². The van der Waals surface area contributed by atoms with E-state index in [1.54, 1.807) is 31.3 Å². The number of hydrogen-bond donors (Lipinski definition) is 2. The molecule has 4 nitrogen and oxygen atoms in total. The summed E-state index contributed by atoms with van der Waals surface area (Å²) in [6, 6.07) is 10.5. The van der Waals surface area contributed by atoms with Gasteiger partial charge in [-0.05, 0) is 52.8 Å². The number of anilines is 1. The third-order valence-electron chi connectivity index (χ3n) is 2.80. The number of rotatable bonds is 5. The molecule has 2 aromatic carbocycles. The maximum Gasteiger partial charge on any atom is 0.262 e. The number of halogens is 2. The molecular formula is C14H14BrFN2O2S. The van der Waals surface area contributed by atoms with Gasteiger partial charge in [0.1, 0.15) is 5.82 Å². The molecule has 0 unspecified atom stereocenters. The van der Waals surface area contributed by atoms with Crippen molar-refractivity contribution in [3.05, 3.63) is 58.3 Å². The Balaban J connectivity index is 2.44. The highest BCUT2D eigenvalue weighted by Crippen LogP contribution is 2.26. The van der Waals surface area contributed by atoms with Crippen LogP contribution in [0.25, 0.3) is 0 Å². The highest BCUT2D eigenvalue weighted by molar-refractivity contribution is 9.10. The van der Waals surface area contributed by atoms with Crippen LogP contribution in [0.2, 0.25) is 0 Å². The fourth-order valence-electron chi connectivity index (χ4n) is 1.86. The summed E-state index contributed by atoms with van der Waals surface area (Å²) in [5.74, 6) is -0.595. The van der Waals surface area contributed by atoms with Gasteiger partial charge in [-0.25, -0.2) is 12.8 Å². The predicted molar refractivity (Wildman–Crippen MR) is 84.1 cm³/mol. The van der Waals surface area contributed by atoms with Gasteiger partial charge in [-0.2, -0.15) is 0 Å². The van der Waals surface area contributed by atoms with E-state index in [0.717, 1.165) is 6.07 Å². The van der Waals surface area contributed by atoms with Gasteiger partial charge in [0.25, 0.3) is 10.0 Å². The molecular weight excluding hydrogens is 359 g/mol. The molecule has 112 valence electrons. The Bertz CT molecular complexity index is 750. The van der Waals surface area contributed by atoms with Gasteiger partial charge < -0.3 is 5.32 Å². The molecule has 0 aliphatic rings. The Labute approximate surface area is 131 Å². The van der Waals surface area contributed by atoms with E-state index in [2.05, 4.69) is 26.0 Å². The van der Waals surface area contributed by atoms with E-state index in [4.69, 9.17) is 0 Å². The second-order valence-electron chi connectivity index (χ2n) is 4.37. The molecule has 0 aliphatic carbocycles. The molecule has 21 heavy (non-hydrogen) atoms. The fraction of sp³-hybridized carbons (Fsp3) is 0.143. The van der Waals surface area contributed by atoms with Crippen LogP contribution in [-0.2, 0) is 16.6 Å². The van der Waals surface area contributed by atoms with Crippen molar-refractivity contribution in [2.75, 3.05) is 11.8 Å². The van der Waals surface area contributed by atoms with Gasteiger partial charge in [-0.1, -0.05) is 18.2 Å². The lowest BCUT2D eigenvalue weighted by Gasteiger charge is -2.13. The van der Waals surface area contributed by atoms with Crippen LogP contribution >= 0.6 is 15.9 Å². The maximum atomic E-state index is 13.4. The lowest BCUT2D eigenvalue weighted by Crippen LogP contribution is -2.18. The van der Waals surface area contributed by atoms with Crippen molar-refractivity contribution in [3.63, 3.8) is 0 Å². The number of nitrogens with one attached hydrogen (secondary N) is 2. The van der Waals surface area contributed by atoms with Crippen LogP contribution in [-0.4, -0.2) is 15.5 Å². The summed E-state index contributed by atoms with van der Waals surface area (Å²) in [7, 11) is -2.18. The second-order valence-corrected chi connectivity index (χ2v) is 6.87. The average molecular weight is 373 g/mol. The quantitative estimate of drug-likeness (QED) is 0.847. The van der Waals surface area contributed by atoms with Crippen molar-refractivity contribution in [3.8, 4) is 0 Å². The summed E-state index contributed by atoms with van der Waals surface area (Å²) in [5, 5.41) is 2.87. The van der Waals surface area contributed by atoms with Gasteiger partial charge in [-0.3, -0.25) is 4.72 Å². The zero-order valence-corrected chi connectivity index (χ0v) is 13.6. The molecule has 2 rings (SSSR count). The molecule has 0 heterocycles. The predicted octanol–water partition coefficient (Wildman–Crippen LogP) is 3.11. The van der Waals surface area contributed by atoms with Crippen LogP contribution in [0.1, 0.15) is 5.56 Å². The number of hydrogen-bond acceptors (Lipinski definition) is 3. The number of benzene rings is 2. The van der Waals surface area contributed by atoms with Gasteiger partial charge in [0.2, 0.25) is 0 Å². The lowest BCUT2D eigenvalue weighted by molar-refractivity contribution is 0.592. The number of para-hydroxylation sites is 1. The van der Waals surface area contributed by atoms with Gasteiger partial charge in [0.15, 0.2) is 0 Å². The summed E-state index contributed by atoms with van der Waals surface area (Å²) < 4.78 is 41.4. The van der Waals surface area contributed by atoms with Crippen LogP contribution in [0.4, 0.5) is 10.1 Å². The summed E-state index contributed by atoms with van der Waals surface area (Å²) in [5.41, 5.74) is 0.899. The van der Waals surface area contributed by atoms with Crippen molar-refractivity contribution >= 4 is 31.6 Å². The van der Waals surface area contributed by atoms with Crippen LogP contribution in [0.5, 0.6) is 0 Å². The molecule has 0 radical (unpaired) electrons. The van der Waals surface area contributed by atoms with Gasteiger partial charge in [0, 0.05) is 11.0 Å². The zero-order chi connectivity index (χ0) is 15.5. The van der Waals surface area contributed by atoms with E-state index in [0.29, 0.717) is 22.3 Å². The smallest absolute Gasteiger partial charge is 0.262 e. The SMILES string of the molecule is CNCc1ccc(F)cc1S(=O)(=O)Nc1ccccc1Br. The summed E-state index contributed by atoms with van der Waals surface area (Å²) in [6.07, 6.45) is 0. The van der Waals surface area contributed by atoms with E-state index in [9.17, 15) is 12.8 Å². The van der Waals surface area contributed by atoms with Crippen LogP contribution in [0.15, 0.2) is 51.8 Å². The van der Waals surface area contributed by atoms with Crippen molar-refractivity contribution in [2.45, 2.75) is 11.4 Å². The molecule has 0 atom stereocenters. The van der Waals surface area contributed by atoms with Crippen molar-refractivity contribution in [1.82, 2.24) is 5.32 Å².